The largest absolute Gasteiger partial charge is 0.388 e. The summed E-state index contributed by atoms with van der Waals surface area (Å²) in [5, 5.41) is 14.3. The van der Waals surface area contributed by atoms with Crippen molar-refractivity contribution in [2.24, 2.45) is 0 Å². The summed E-state index contributed by atoms with van der Waals surface area (Å²) in [6.45, 7) is 4.67. The molecule has 2 aromatic rings. The molecule has 0 aliphatic rings. The van der Waals surface area contributed by atoms with Crippen LogP contribution in [-0.4, -0.2) is 14.9 Å². The van der Waals surface area contributed by atoms with Gasteiger partial charge in [-0.25, -0.2) is 4.39 Å². The second-order valence-electron chi connectivity index (χ2n) is 4.43. The molecule has 0 saturated carbocycles. The van der Waals surface area contributed by atoms with Crippen molar-refractivity contribution in [1.82, 2.24) is 9.78 Å². The van der Waals surface area contributed by atoms with Gasteiger partial charge in [-0.3, -0.25) is 4.68 Å². The maximum absolute atomic E-state index is 13.2. The van der Waals surface area contributed by atoms with E-state index in [1.807, 2.05) is 20.0 Å². The Labute approximate surface area is 106 Å². The van der Waals surface area contributed by atoms with Crippen LogP contribution in [0.5, 0.6) is 0 Å². The zero-order valence-electron chi connectivity index (χ0n) is 10.6. The Morgan fingerprint density at radius 1 is 1.44 bits per heavy atom. The molecule has 1 heterocycles. The van der Waals surface area contributed by atoms with E-state index in [9.17, 15) is 9.50 Å². The molecule has 0 fully saturated rings. The van der Waals surface area contributed by atoms with Gasteiger partial charge in [0.05, 0.1) is 12.3 Å². The van der Waals surface area contributed by atoms with E-state index in [1.54, 1.807) is 16.9 Å². The third-order valence-electron chi connectivity index (χ3n) is 3.04. The van der Waals surface area contributed by atoms with Crippen molar-refractivity contribution >= 4 is 0 Å². The number of aliphatic hydroxyl groups is 1. The zero-order chi connectivity index (χ0) is 13.1. The van der Waals surface area contributed by atoms with Crippen molar-refractivity contribution in [2.45, 2.75) is 32.9 Å². The van der Waals surface area contributed by atoms with Gasteiger partial charge < -0.3 is 5.11 Å². The van der Waals surface area contributed by atoms with Crippen LogP contribution in [0.25, 0.3) is 0 Å². The second-order valence-corrected chi connectivity index (χ2v) is 4.43. The smallest absolute Gasteiger partial charge is 0.123 e. The number of aliphatic hydroxyl groups excluding tert-OH is 1. The fraction of sp³-hybridized carbons (Fsp3) is 0.357. The topological polar surface area (TPSA) is 38.0 Å². The zero-order valence-corrected chi connectivity index (χ0v) is 10.6. The normalized spacial score (nSPS) is 12.7. The number of nitrogens with zero attached hydrogens (tertiary/aromatic N) is 2. The monoisotopic (exact) mass is 248 g/mol. The molecule has 4 heteroatoms. The van der Waals surface area contributed by atoms with Crippen molar-refractivity contribution in [2.75, 3.05) is 0 Å². The van der Waals surface area contributed by atoms with Gasteiger partial charge in [-0.1, -0.05) is 6.07 Å². The lowest BCUT2D eigenvalue weighted by Gasteiger charge is -2.12. The maximum atomic E-state index is 13.2. The van der Waals surface area contributed by atoms with Gasteiger partial charge in [0.15, 0.2) is 0 Å². The molecular weight excluding hydrogens is 231 g/mol. The molecule has 18 heavy (non-hydrogen) atoms. The summed E-state index contributed by atoms with van der Waals surface area (Å²) < 4.78 is 15.0. The Bertz CT molecular complexity index is 536. The molecule has 0 bridgehead atoms. The van der Waals surface area contributed by atoms with Crippen LogP contribution in [0.15, 0.2) is 30.6 Å². The van der Waals surface area contributed by atoms with E-state index in [0.717, 1.165) is 17.7 Å². The SMILES string of the molecule is CCn1cc(CC(O)c2cc(F)ccc2C)cn1. The molecule has 96 valence electrons. The molecule has 1 aromatic carbocycles. The summed E-state index contributed by atoms with van der Waals surface area (Å²) in [4.78, 5) is 0. The third-order valence-corrected chi connectivity index (χ3v) is 3.04. The fourth-order valence-electron chi connectivity index (χ4n) is 1.99. The Morgan fingerprint density at radius 2 is 2.22 bits per heavy atom. The highest BCUT2D eigenvalue weighted by Crippen LogP contribution is 2.22. The maximum Gasteiger partial charge on any atom is 0.123 e. The van der Waals surface area contributed by atoms with Gasteiger partial charge in [-0.2, -0.15) is 5.10 Å². The van der Waals surface area contributed by atoms with Crippen LogP contribution in [0, 0.1) is 12.7 Å². The molecule has 1 atom stereocenters. The van der Waals surface area contributed by atoms with Gasteiger partial charge in [-0.05, 0) is 42.7 Å². The highest BCUT2D eigenvalue weighted by Gasteiger charge is 2.13. The molecule has 0 aliphatic heterocycles. The molecule has 0 aliphatic carbocycles. The minimum absolute atomic E-state index is 0.320. The van der Waals surface area contributed by atoms with E-state index < -0.39 is 6.10 Å². The minimum Gasteiger partial charge on any atom is -0.388 e. The van der Waals surface area contributed by atoms with Gasteiger partial charge in [0, 0.05) is 19.2 Å². The number of aryl methyl sites for hydroxylation is 2. The lowest BCUT2D eigenvalue weighted by atomic mass is 9.99. The van der Waals surface area contributed by atoms with E-state index >= 15 is 0 Å². The Morgan fingerprint density at radius 3 is 2.89 bits per heavy atom. The van der Waals surface area contributed by atoms with E-state index in [0.29, 0.717) is 12.0 Å². The van der Waals surface area contributed by atoms with E-state index in [4.69, 9.17) is 0 Å². The van der Waals surface area contributed by atoms with Crippen LogP contribution in [0.3, 0.4) is 0 Å². The van der Waals surface area contributed by atoms with Crippen molar-refractivity contribution in [3.63, 3.8) is 0 Å². The number of hydrogen-bond acceptors (Lipinski definition) is 2. The lowest BCUT2D eigenvalue weighted by Crippen LogP contribution is -2.04. The Hall–Kier alpha value is -1.68. The highest BCUT2D eigenvalue weighted by molar-refractivity contribution is 5.29. The van der Waals surface area contributed by atoms with Crippen LogP contribution >= 0.6 is 0 Å². The van der Waals surface area contributed by atoms with Crippen LogP contribution in [0.1, 0.15) is 29.7 Å². The van der Waals surface area contributed by atoms with Crippen molar-refractivity contribution in [1.29, 1.82) is 0 Å². The summed E-state index contributed by atoms with van der Waals surface area (Å²) in [7, 11) is 0. The summed E-state index contributed by atoms with van der Waals surface area (Å²) in [6, 6.07) is 4.48. The quantitative estimate of drug-likeness (QED) is 0.903. The molecule has 1 N–H and O–H groups in total. The van der Waals surface area contributed by atoms with Gasteiger partial charge in [0.25, 0.3) is 0 Å². The molecule has 0 spiro atoms. The summed E-state index contributed by atoms with van der Waals surface area (Å²) in [5.74, 6) is -0.320. The summed E-state index contributed by atoms with van der Waals surface area (Å²) in [5.41, 5.74) is 2.49. The van der Waals surface area contributed by atoms with Crippen LogP contribution in [0.4, 0.5) is 4.39 Å². The van der Waals surface area contributed by atoms with E-state index in [-0.39, 0.29) is 5.82 Å². The first-order chi connectivity index (χ1) is 8.60. The number of hydrogen-bond donors (Lipinski definition) is 1. The van der Waals surface area contributed by atoms with Crippen LogP contribution < -0.4 is 0 Å². The molecule has 0 radical (unpaired) electrons. The number of benzene rings is 1. The predicted molar refractivity (Wildman–Crippen MR) is 67.7 cm³/mol. The van der Waals surface area contributed by atoms with Gasteiger partial charge >= 0.3 is 0 Å². The van der Waals surface area contributed by atoms with Gasteiger partial charge in [-0.15, -0.1) is 0 Å². The first kappa shape index (κ1) is 12.8. The van der Waals surface area contributed by atoms with Crippen molar-refractivity contribution in [3.8, 4) is 0 Å². The standard InChI is InChI=1S/C14H17FN2O/c1-3-17-9-11(8-16-17)6-14(18)13-7-12(15)5-4-10(13)2/h4-5,7-9,14,18H,3,6H2,1-2H3. The highest BCUT2D eigenvalue weighted by atomic mass is 19.1. The summed E-state index contributed by atoms with van der Waals surface area (Å²) >= 11 is 0. The van der Waals surface area contributed by atoms with Crippen molar-refractivity contribution in [3.05, 3.63) is 53.1 Å². The van der Waals surface area contributed by atoms with Gasteiger partial charge in [0.1, 0.15) is 5.82 Å². The van der Waals surface area contributed by atoms with Crippen molar-refractivity contribution < 1.29 is 9.50 Å². The molecular formula is C14H17FN2O. The third kappa shape index (κ3) is 2.76. The average molecular weight is 248 g/mol. The van der Waals surface area contributed by atoms with E-state index in [1.165, 1.54) is 12.1 Å². The number of halogens is 1. The summed E-state index contributed by atoms with van der Waals surface area (Å²) in [6.07, 6.45) is 3.39. The Kier molecular flexibility index (Phi) is 3.77. The molecule has 2 rings (SSSR count). The van der Waals surface area contributed by atoms with E-state index in [2.05, 4.69) is 5.10 Å². The first-order valence-electron chi connectivity index (χ1n) is 6.05. The predicted octanol–water partition coefficient (Wildman–Crippen LogP) is 2.63. The molecule has 0 amide bonds. The second kappa shape index (κ2) is 5.31. The molecule has 1 unspecified atom stereocenters. The molecule has 3 nitrogen and oxygen atoms in total. The number of aromatic nitrogens is 2. The van der Waals surface area contributed by atoms with Gasteiger partial charge in [0.2, 0.25) is 0 Å². The van der Waals surface area contributed by atoms with Crippen LogP contribution in [-0.2, 0) is 13.0 Å². The number of rotatable bonds is 4. The fourth-order valence-corrected chi connectivity index (χ4v) is 1.99. The average Bonchev–Trinajstić information content (AvgIpc) is 2.80. The lowest BCUT2D eigenvalue weighted by molar-refractivity contribution is 0.177. The van der Waals surface area contributed by atoms with Crippen LogP contribution in [0.2, 0.25) is 0 Å². The molecule has 1 aromatic heterocycles. The Balaban J connectivity index is 2.16. The first-order valence-corrected chi connectivity index (χ1v) is 6.05. The minimum atomic E-state index is -0.699. The molecule has 0 saturated heterocycles.